The van der Waals surface area contributed by atoms with Gasteiger partial charge in [-0.1, -0.05) is 25.5 Å². The smallest absolute Gasteiger partial charge is 0.00121 e. The number of rotatable bonds is 3. The van der Waals surface area contributed by atoms with E-state index < -0.39 is 0 Å². The van der Waals surface area contributed by atoms with E-state index in [-0.39, 0.29) is 0 Å². The lowest BCUT2D eigenvalue weighted by atomic mass is 9.81. The zero-order valence-electron chi connectivity index (χ0n) is 9.03. The molecule has 2 aliphatic carbocycles. The minimum Gasteiger partial charge on any atom is -0.309 e. The van der Waals surface area contributed by atoms with E-state index in [4.69, 9.17) is 0 Å². The number of hydrogen-bond donors (Lipinski definition) is 0. The second-order valence-electron chi connectivity index (χ2n) is 4.95. The summed E-state index contributed by atoms with van der Waals surface area (Å²) in [6.45, 7) is 3.63. The van der Waals surface area contributed by atoms with Gasteiger partial charge in [0.25, 0.3) is 0 Å². The molecular formula is C12H21N. The first-order chi connectivity index (χ1) is 6.22. The van der Waals surface area contributed by atoms with Crippen molar-refractivity contribution < 1.29 is 0 Å². The van der Waals surface area contributed by atoms with Gasteiger partial charge in [-0.05, 0) is 44.2 Å². The predicted octanol–water partition coefficient (Wildman–Crippen LogP) is 2.40. The molecule has 0 aromatic carbocycles. The number of hydrogen-bond acceptors (Lipinski definition) is 1. The molecule has 1 heteroatoms. The Hall–Kier alpha value is -0.300. The fraction of sp³-hybridized carbons (Fsp3) is 0.833. The van der Waals surface area contributed by atoms with Gasteiger partial charge in [-0.2, -0.15) is 0 Å². The van der Waals surface area contributed by atoms with Gasteiger partial charge in [0.2, 0.25) is 0 Å². The van der Waals surface area contributed by atoms with E-state index in [1.54, 1.807) is 0 Å². The molecule has 2 rings (SSSR count). The highest BCUT2D eigenvalue weighted by Crippen LogP contribution is 2.49. The standard InChI is InChI=1S/C12H21N/c1-4-11-9-5-6-10(7-9)12(11)8-13(2)3/h5-6,9-12H,4,7-8H2,1-3H3. The molecule has 0 saturated heterocycles. The van der Waals surface area contributed by atoms with Gasteiger partial charge < -0.3 is 4.90 Å². The summed E-state index contributed by atoms with van der Waals surface area (Å²) in [6.07, 6.45) is 7.73. The summed E-state index contributed by atoms with van der Waals surface area (Å²) in [5.41, 5.74) is 0. The summed E-state index contributed by atoms with van der Waals surface area (Å²) in [5, 5.41) is 0. The van der Waals surface area contributed by atoms with Crippen LogP contribution >= 0.6 is 0 Å². The molecule has 0 radical (unpaired) electrons. The van der Waals surface area contributed by atoms with E-state index in [9.17, 15) is 0 Å². The third-order valence-corrected chi connectivity index (χ3v) is 3.85. The van der Waals surface area contributed by atoms with Crippen molar-refractivity contribution in [1.29, 1.82) is 0 Å². The summed E-state index contributed by atoms with van der Waals surface area (Å²) < 4.78 is 0. The van der Waals surface area contributed by atoms with Gasteiger partial charge in [-0.3, -0.25) is 0 Å². The molecule has 0 amide bonds. The van der Waals surface area contributed by atoms with E-state index in [0.29, 0.717) is 0 Å². The Morgan fingerprint density at radius 1 is 1.15 bits per heavy atom. The maximum atomic E-state index is 2.46. The fourth-order valence-electron chi connectivity index (χ4n) is 3.32. The monoisotopic (exact) mass is 179 g/mol. The zero-order chi connectivity index (χ0) is 9.42. The molecule has 74 valence electrons. The Morgan fingerprint density at radius 3 is 2.31 bits per heavy atom. The number of allylic oxidation sites excluding steroid dienone is 2. The summed E-state index contributed by atoms with van der Waals surface area (Å²) in [7, 11) is 4.39. The highest BCUT2D eigenvalue weighted by atomic mass is 15.1. The molecule has 0 spiro atoms. The highest BCUT2D eigenvalue weighted by Gasteiger charge is 2.42. The van der Waals surface area contributed by atoms with Crippen molar-refractivity contribution in [2.75, 3.05) is 20.6 Å². The first-order valence-corrected chi connectivity index (χ1v) is 5.55. The van der Waals surface area contributed by atoms with Crippen molar-refractivity contribution >= 4 is 0 Å². The average molecular weight is 179 g/mol. The van der Waals surface area contributed by atoms with E-state index in [2.05, 4.69) is 38.1 Å². The first kappa shape index (κ1) is 9.26. The Bertz CT molecular complexity index is 207. The molecule has 4 unspecified atom stereocenters. The maximum Gasteiger partial charge on any atom is 0.00121 e. The van der Waals surface area contributed by atoms with Gasteiger partial charge in [0.15, 0.2) is 0 Å². The van der Waals surface area contributed by atoms with Crippen molar-refractivity contribution in [3.63, 3.8) is 0 Å². The summed E-state index contributed by atoms with van der Waals surface area (Å²) >= 11 is 0. The molecule has 1 saturated carbocycles. The molecule has 2 bridgehead atoms. The second kappa shape index (κ2) is 3.45. The molecule has 0 heterocycles. The van der Waals surface area contributed by atoms with Gasteiger partial charge in [-0.15, -0.1) is 0 Å². The lowest BCUT2D eigenvalue weighted by Crippen LogP contribution is -2.30. The Kier molecular flexibility index (Phi) is 2.46. The predicted molar refractivity (Wildman–Crippen MR) is 56.6 cm³/mol. The first-order valence-electron chi connectivity index (χ1n) is 5.55. The fourth-order valence-corrected chi connectivity index (χ4v) is 3.32. The Morgan fingerprint density at radius 2 is 1.77 bits per heavy atom. The largest absolute Gasteiger partial charge is 0.309 e. The summed E-state index contributed by atoms with van der Waals surface area (Å²) in [5.74, 6) is 3.73. The molecule has 0 aromatic rings. The Balaban J connectivity index is 2.05. The average Bonchev–Trinajstić information content (AvgIpc) is 2.62. The van der Waals surface area contributed by atoms with Crippen molar-refractivity contribution in [1.82, 2.24) is 4.90 Å². The van der Waals surface area contributed by atoms with Crippen LogP contribution < -0.4 is 0 Å². The molecule has 1 nitrogen and oxygen atoms in total. The van der Waals surface area contributed by atoms with Gasteiger partial charge in [0.05, 0.1) is 0 Å². The van der Waals surface area contributed by atoms with Gasteiger partial charge in [0.1, 0.15) is 0 Å². The van der Waals surface area contributed by atoms with Crippen LogP contribution in [0, 0.1) is 23.7 Å². The van der Waals surface area contributed by atoms with Crippen LogP contribution in [0.2, 0.25) is 0 Å². The molecule has 2 aliphatic rings. The van der Waals surface area contributed by atoms with E-state index in [0.717, 1.165) is 23.7 Å². The minimum atomic E-state index is 0.900. The topological polar surface area (TPSA) is 3.24 Å². The van der Waals surface area contributed by atoms with Crippen LogP contribution in [0.15, 0.2) is 12.2 Å². The van der Waals surface area contributed by atoms with Crippen LogP contribution in [0.4, 0.5) is 0 Å². The molecular weight excluding hydrogens is 158 g/mol. The molecule has 0 N–H and O–H groups in total. The lowest BCUT2D eigenvalue weighted by molar-refractivity contribution is 0.226. The van der Waals surface area contributed by atoms with Gasteiger partial charge >= 0.3 is 0 Å². The molecule has 1 fully saturated rings. The Labute approximate surface area is 81.8 Å². The molecule has 0 aliphatic heterocycles. The van der Waals surface area contributed by atoms with Crippen LogP contribution in [0.25, 0.3) is 0 Å². The van der Waals surface area contributed by atoms with Crippen LogP contribution in [-0.4, -0.2) is 25.5 Å². The van der Waals surface area contributed by atoms with Crippen molar-refractivity contribution in [3.8, 4) is 0 Å². The van der Waals surface area contributed by atoms with Crippen LogP contribution in [0.1, 0.15) is 19.8 Å². The van der Waals surface area contributed by atoms with E-state index in [1.165, 1.54) is 19.4 Å². The van der Waals surface area contributed by atoms with Gasteiger partial charge in [0, 0.05) is 6.54 Å². The molecule has 0 aromatic heterocycles. The zero-order valence-corrected chi connectivity index (χ0v) is 9.03. The minimum absolute atomic E-state index is 0.900. The quantitative estimate of drug-likeness (QED) is 0.601. The van der Waals surface area contributed by atoms with Crippen LogP contribution in [-0.2, 0) is 0 Å². The highest BCUT2D eigenvalue weighted by molar-refractivity contribution is 5.13. The normalized spacial score (nSPS) is 42.2. The van der Waals surface area contributed by atoms with Gasteiger partial charge in [-0.25, -0.2) is 0 Å². The van der Waals surface area contributed by atoms with E-state index >= 15 is 0 Å². The van der Waals surface area contributed by atoms with Crippen LogP contribution in [0.3, 0.4) is 0 Å². The van der Waals surface area contributed by atoms with E-state index in [1.807, 2.05) is 0 Å². The van der Waals surface area contributed by atoms with Crippen molar-refractivity contribution in [3.05, 3.63) is 12.2 Å². The summed E-state index contributed by atoms with van der Waals surface area (Å²) in [4.78, 5) is 2.35. The maximum absolute atomic E-state index is 2.46. The number of fused-ring (bicyclic) bond motifs is 2. The SMILES string of the molecule is CCC1C2C=CC(C2)C1CN(C)C. The van der Waals surface area contributed by atoms with Crippen molar-refractivity contribution in [2.24, 2.45) is 23.7 Å². The number of nitrogens with zero attached hydrogens (tertiary/aromatic N) is 1. The second-order valence-corrected chi connectivity index (χ2v) is 4.95. The summed E-state index contributed by atoms with van der Waals surface area (Å²) in [6, 6.07) is 0. The third-order valence-electron chi connectivity index (χ3n) is 3.85. The van der Waals surface area contributed by atoms with Crippen molar-refractivity contribution in [2.45, 2.75) is 19.8 Å². The molecule has 13 heavy (non-hydrogen) atoms. The third kappa shape index (κ3) is 1.54. The lowest BCUT2D eigenvalue weighted by Gasteiger charge is -2.29. The van der Waals surface area contributed by atoms with Crippen LogP contribution in [0.5, 0.6) is 0 Å². The molecule has 4 atom stereocenters.